The quantitative estimate of drug-likeness (QED) is 0.712. The Hall–Kier alpha value is -2.89. The smallest absolute Gasteiger partial charge is 0.254 e. The topological polar surface area (TPSA) is 56.0 Å². The van der Waals surface area contributed by atoms with Crippen LogP contribution >= 0.6 is 0 Å². The molecule has 3 aromatic rings. The van der Waals surface area contributed by atoms with Crippen LogP contribution in [0.3, 0.4) is 0 Å². The summed E-state index contributed by atoms with van der Waals surface area (Å²) < 4.78 is 3.96. The maximum Gasteiger partial charge on any atom is 0.254 e. The predicted octanol–water partition coefficient (Wildman–Crippen LogP) is 2.74. The average molecular weight is 349 g/mol. The number of rotatable bonds is 5. The summed E-state index contributed by atoms with van der Waals surface area (Å²) in [5, 5.41) is 4.36. The highest BCUT2D eigenvalue weighted by Crippen LogP contribution is 2.22. The van der Waals surface area contributed by atoms with Crippen LogP contribution in [0.4, 0.5) is 0 Å². The van der Waals surface area contributed by atoms with Crippen molar-refractivity contribution in [3.63, 3.8) is 0 Å². The van der Waals surface area contributed by atoms with Crippen molar-refractivity contribution in [1.82, 2.24) is 24.2 Å². The summed E-state index contributed by atoms with van der Waals surface area (Å²) in [5.74, 6) is 0.116. The fraction of sp³-hybridized carbons (Fsp3) is 0.350. The summed E-state index contributed by atoms with van der Waals surface area (Å²) in [6.45, 7) is 4.38. The molecule has 0 aliphatic carbocycles. The maximum atomic E-state index is 13.0. The molecule has 134 valence electrons. The summed E-state index contributed by atoms with van der Waals surface area (Å²) in [5.41, 5.74) is 3.06. The summed E-state index contributed by atoms with van der Waals surface area (Å²) in [4.78, 5) is 19.0. The molecular weight excluding hydrogens is 326 g/mol. The zero-order valence-corrected chi connectivity index (χ0v) is 15.0. The molecule has 6 heteroatoms. The molecule has 0 bridgehead atoms. The van der Waals surface area contributed by atoms with E-state index in [0.717, 1.165) is 49.2 Å². The van der Waals surface area contributed by atoms with E-state index in [1.165, 1.54) is 0 Å². The number of imidazole rings is 1. The van der Waals surface area contributed by atoms with E-state index < -0.39 is 0 Å². The van der Waals surface area contributed by atoms with E-state index in [-0.39, 0.29) is 11.9 Å². The fourth-order valence-corrected chi connectivity index (χ4v) is 3.59. The van der Waals surface area contributed by atoms with Crippen LogP contribution in [0.2, 0.25) is 0 Å². The van der Waals surface area contributed by atoms with Crippen molar-refractivity contribution in [3.8, 4) is 0 Å². The van der Waals surface area contributed by atoms with Crippen LogP contribution in [0.1, 0.15) is 34.3 Å². The maximum absolute atomic E-state index is 13.0. The standard InChI is InChI=1S/C20H23N5O/c1-16-11-22-24(12-16)14-19-3-2-9-25(19)20(26)18-6-4-17(5-7-18)13-23-10-8-21-15-23/h4-8,10-12,15,19H,2-3,9,13-14H2,1H3/t19-/m0/s1. The van der Waals surface area contributed by atoms with Crippen LogP contribution < -0.4 is 0 Å². The zero-order valence-electron chi connectivity index (χ0n) is 15.0. The van der Waals surface area contributed by atoms with Crippen LogP contribution in [0.15, 0.2) is 55.4 Å². The predicted molar refractivity (Wildman–Crippen MR) is 98.8 cm³/mol. The van der Waals surface area contributed by atoms with Gasteiger partial charge in [-0.05, 0) is 43.0 Å². The molecule has 2 aromatic heterocycles. The fourth-order valence-electron chi connectivity index (χ4n) is 3.59. The van der Waals surface area contributed by atoms with Gasteiger partial charge < -0.3 is 9.47 Å². The van der Waals surface area contributed by atoms with Crippen molar-refractivity contribution < 1.29 is 4.79 Å². The van der Waals surface area contributed by atoms with Gasteiger partial charge in [0.15, 0.2) is 0 Å². The molecule has 0 spiro atoms. The van der Waals surface area contributed by atoms with E-state index in [2.05, 4.69) is 10.1 Å². The number of benzene rings is 1. The average Bonchev–Trinajstić information content (AvgIpc) is 3.38. The highest BCUT2D eigenvalue weighted by atomic mass is 16.2. The molecule has 1 atom stereocenters. The largest absolute Gasteiger partial charge is 0.334 e. The summed E-state index contributed by atoms with van der Waals surface area (Å²) in [6, 6.07) is 8.13. The monoisotopic (exact) mass is 349 g/mol. The molecule has 3 heterocycles. The van der Waals surface area contributed by atoms with Crippen molar-refractivity contribution in [2.45, 2.75) is 38.9 Å². The molecule has 26 heavy (non-hydrogen) atoms. The number of aryl methyl sites for hydroxylation is 1. The second kappa shape index (κ2) is 7.15. The Morgan fingerprint density at radius 2 is 2.12 bits per heavy atom. The van der Waals surface area contributed by atoms with Gasteiger partial charge >= 0.3 is 0 Å². The minimum absolute atomic E-state index is 0.116. The number of hydrogen-bond donors (Lipinski definition) is 0. The molecule has 0 radical (unpaired) electrons. The number of hydrogen-bond acceptors (Lipinski definition) is 3. The zero-order chi connectivity index (χ0) is 17.9. The minimum atomic E-state index is 0.116. The Morgan fingerprint density at radius 3 is 2.81 bits per heavy atom. The molecule has 1 aliphatic rings. The number of likely N-dealkylation sites (tertiary alicyclic amines) is 1. The molecule has 1 aliphatic heterocycles. The van der Waals surface area contributed by atoms with Crippen molar-refractivity contribution in [2.24, 2.45) is 0 Å². The van der Waals surface area contributed by atoms with E-state index in [1.54, 1.807) is 12.5 Å². The van der Waals surface area contributed by atoms with Gasteiger partial charge in [0, 0.05) is 37.2 Å². The number of carbonyl (C=O) groups is 1. The van der Waals surface area contributed by atoms with Crippen molar-refractivity contribution in [1.29, 1.82) is 0 Å². The first-order valence-corrected chi connectivity index (χ1v) is 9.04. The van der Waals surface area contributed by atoms with E-state index in [9.17, 15) is 4.79 Å². The lowest BCUT2D eigenvalue weighted by Crippen LogP contribution is -2.38. The van der Waals surface area contributed by atoms with Crippen molar-refractivity contribution in [3.05, 3.63) is 72.1 Å². The number of aromatic nitrogens is 4. The molecule has 4 rings (SSSR count). The lowest BCUT2D eigenvalue weighted by Gasteiger charge is -2.25. The van der Waals surface area contributed by atoms with Gasteiger partial charge in [-0.15, -0.1) is 0 Å². The highest BCUT2D eigenvalue weighted by molar-refractivity contribution is 5.94. The second-order valence-electron chi connectivity index (χ2n) is 6.97. The van der Waals surface area contributed by atoms with Crippen LogP contribution in [0.25, 0.3) is 0 Å². The van der Waals surface area contributed by atoms with E-state index in [0.29, 0.717) is 0 Å². The van der Waals surface area contributed by atoms with Gasteiger partial charge in [0.2, 0.25) is 0 Å². The van der Waals surface area contributed by atoms with Crippen LogP contribution in [0, 0.1) is 6.92 Å². The van der Waals surface area contributed by atoms with Crippen molar-refractivity contribution >= 4 is 5.91 Å². The number of nitrogens with zero attached hydrogens (tertiary/aromatic N) is 5. The van der Waals surface area contributed by atoms with Crippen LogP contribution in [0.5, 0.6) is 0 Å². The Bertz CT molecular complexity index is 866. The summed E-state index contributed by atoms with van der Waals surface area (Å²) in [6.07, 6.45) is 11.5. The number of amides is 1. The van der Waals surface area contributed by atoms with Gasteiger partial charge in [-0.3, -0.25) is 9.48 Å². The van der Waals surface area contributed by atoms with Gasteiger partial charge in [0.05, 0.1) is 25.1 Å². The first-order valence-electron chi connectivity index (χ1n) is 9.04. The Kier molecular flexibility index (Phi) is 4.56. The number of carbonyl (C=O) groups excluding carboxylic acids is 1. The lowest BCUT2D eigenvalue weighted by atomic mass is 10.1. The van der Waals surface area contributed by atoms with Gasteiger partial charge in [-0.25, -0.2) is 4.98 Å². The molecule has 1 saturated heterocycles. The Labute approximate surface area is 153 Å². The van der Waals surface area contributed by atoms with Gasteiger partial charge in [0.25, 0.3) is 5.91 Å². The first-order chi connectivity index (χ1) is 12.7. The van der Waals surface area contributed by atoms with Crippen LogP contribution in [-0.4, -0.2) is 42.7 Å². The SMILES string of the molecule is Cc1cnn(C[C@@H]2CCCN2C(=O)c2ccc(Cn3ccnc3)cc2)c1. The molecule has 1 fully saturated rings. The second-order valence-corrected chi connectivity index (χ2v) is 6.97. The van der Waals surface area contributed by atoms with Gasteiger partial charge in [-0.2, -0.15) is 5.10 Å². The van der Waals surface area contributed by atoms with Crippen LogP contribution in [-0.2, 0) is 13.1 Å². The normalized spacial score (nSPS) is 17.0. The van der Waals surface area contributed by atoms with Gasteiger partial charge in [-0.1, -0.05) is 12.1 Å². The Morgan fingerprint density at radius 1 is 1.27 bits per heavy atom. The molecular formula is C20H23N5O. The summed E-state index contributed by atoms with van der Waals surface area (Å²) >= 11 is 0. The third-order valence-electron chi connectivity index (χ3n) is 4.92. The summed E-state index contributed by atoms with van der Waals surface area (Å²) in [7, 11) is 0. The molecule has 1 aromatic carbocycles. The van der Waals surface area contributed by atoms with Crippen molar-refractivity contribution in [2.75, 3.05) is 6.54 Å². The van der Waals surface area contributed by atoms with E-state index >= 15 is 0 Å². The third kappa shape index (κ3) is 3.54. The molecule has 0 saturated carbocycles. The Balaban J connectivity index is 1.44. The molecule has 0 N–H and O–H groups in total. The van der Waals surface area contributed by atoms with Gasteiger partial charge in [0.1, 0.15) is 0 Å². The van der Waals surface area contributed by atoms with E-state index in [1.807, 2.05) is 63.9 Å². The minimum Gasteiger partial charge on any atom is -0.334 e. The first kappa shape index (κ1) is 16.6. The van der Waals surface area contributed by atoms with E-state index in [4.69, 9.17) is 0 Å². The highest BCUT2D eigenvalue weighted by Gasteiger charge is 2.29. The molecule has 0 unspecified atom stereocenters. The third-order valence-corrected chi connectivity index (χ3v) is 4.92. The molecule has 1 amide bonds. The lowest BCUT2D eigenvalue weighted by molar-refractivity contribution is 0.0721. The molecule has 6 nitrogen and oxygen atoms in total.